The fourth-order valence-corrected chi connectivity index (χ4v) is 2.46. The van der Waals surface area contributed by atoms with Crippen molar-refractivity contribution in [3.8, 4) is 0 Å². The lowest BCUT2D eigenvalue weighted by Crippen LogP contribution is -2.39. The first-order chi connectivity index (χ1) is 8.69. The van der Waals surface area contributed by atoms with Crippen molar-refractivity contribution in [2.45, 2.75) is 32.2 Å². The number of nitrogens with zero attached hydrogens (tertiary/aromatic N) is 1. The molecule has 0 radical (unpaired) electrons. The molecule has 98 valence electrons. The lowest BCUT2D eigenvalue weighted by molar-refractivity contribution is 0.245. The van der Waals surface area contributed by atoms with Gasteiger partial charge >= 0.3 is 0 Å². The van der Waals surface area contributed by atoms with Crippen LogP contribution >= 0.6 is 0 Å². The molecule has 0 spiro atoms. The van der Waals surface area contributed by atoms with Crippen molar-refractivity contribution in [1.29, 1.82) is 0 Å². The molecule has 1 aliphatic heterocycles. The minimum Gasteiger partial charge on any atom is -0.382 e. The molecule has 2 nitrogen and oxygen atoms in total. The summed E-state index contributed by atoms with van der Waals surface area (Å²) in [4.78, 5) is 2.39. The van der Waals surface area contributed by atoms with Crippen LogP contribution in [0.4, 0.5) is 0 Å². The summed E-state index contributed by atoms with van der Waals surface area (Å²) in [6.45, 7) is 8.74. The second-order valence-electron chi connectivity index (χ2n) is 5.25. The summed E-state index contributed by atoms with van der Waals surface area (Å²) in [5.41, 5.74) is 3.67. The summed E-state index contributed by atoms with van der Waals surface area (Å²) in [7, 11) is 2.19. The molecule has 1 fully saturated rings. The van der Waals surface area contributed by atoms with Crippen LogP contribution in [0, 0.1) is 0 Å². The Bertz CT molecular complexity index is 403. The fourth-order valence-electron chi connectivity index (χ4n) is 2.46. The van der Waals surface area contributed by atoms with Crippen molar-refractivity contribution >= 4 is 5.70 Å². The molecule has 1 saturated heterocycles. The van der Waals surface area contributed by atoms with Gasteiger partial charge in [-0.3, -0.25) is 0 Å². The molecule has 18 heavy (non-hydrogen) atoms. The van der Waals surface area contributed by atoms with Gasteiger partial charge in [-0.1, -0.05) is 31.7 Å². The van der Waals surface area contributed by atoms with Gasteiger partial charge in [0.05, 0.1) is 0 Å². The van der Waals surface area contributed by atoms with E-state index >= 15 is 0 Å². The highest BCUT2D eigenvalue weighted by atomic mass is 15.1. The van der Waals surface area contributed by atoms with Crippen LogP contribution in [0.15, 0.2) is 30.8 Å². The number of rotatable bonds is 4. The van der Waals surface area contributed by atoms with Crippen molar-refractivity contribution in [1.82, 2.24) is 10.2 Å². The summed E-state index contributed by atoms with van der Waals surface area (Å²) in [6.07, 6.45) is 3.50. The molecule has 0 atom stereocenters. The zero-order valence-corrected chi connectivity index (χ0v) is 11.6. The highest BCUT2D eigenvalue weighted by molar-refractivity contribution is 5.62. The van der Waals surface area contributed by atoms with Crippen molar-refractivity contribution < 1.29 is 0 Å². The quantitative estimate of drug-likeness (QED) is 0.876. The number of hydrogen-bond acceptors (Lipinski definition) is 2. The van der Waals surface area contributed by atoms with Crippen molar-refractivity contribution in [3.05, 3.63) is 42.0 Å². The van der Waals surface area contributed by atoms with Crippen LogP contribution in [0.2, 0.25) is 0 Å². The lowest BCUT2D eigenvalue weighted by Gasteiger charge is -2.30. The van der Waals surface area contributed by atoms with Crippen LogP contribution in [0.3, 0.4) is 0 Å². The zero-order chi connectivity index (χ0) is 13.0. The molecule has 0 aliphatic carbocycles. The van der Waals surface area contributed by atoms with E-state index in [9.17, 15) is 0 Å². The van der Waals surface area contributed by atoms with E-state index in [-0.39, 0.29) is 0 Å². The van der Waals surface area contributed by atoms with E-state index in [1.807, 2.05) is 0 Å². The number of benzene rings is 1. The summed E-state index contributed by atoms with van der Waals surface area (Å²) in [6, 6.07) is 9.26. The Hall–Kier alpha value is -1.28. The average molecular weight is 244 g/mol. The Labute approximate surface area is 111 Å². The summed E-state index contributed by atoms with van der Waals surface area (Å²) >= 11 is 0. The van der Waals surface area contributed by atoms with E-state index in [1.54, 1.807) is 0 Å². The SMILES string of the molecule is C=C(NC1CCN(C)CC1)c1cccc(CC)c1. The molecule has 2 heteroatoms. The van der Waals surface area contributed by atoms with E-state index < -0.39 is 0 Å². The third-order valence-corrected chi connectivity index (χ3v) is 3.78. The van der Waals surface area contributed by atoms with Crippen LogP contribution in [0.25, 0.3) is 5.70 Å². The molecule has 1 heterocycles. The maximum absolute atomic E-state index is 4.19. The van der Waals surface area contributed by atoms with E-state index in [0.29, 0.717) is 6.04 Å². The summed E-state index contributed by atoms with van der Waals surface area (Å²) < 4.78 is 0. The Balaban J connectivity index is 1.94. The molecule has 0 saturated carbocycles. The van der Waals surface area contributed by atoms with Crippen molar-refractivity contribution in [2.24, 2.45) is 0 Å². The largest absolute Gasteiger partial charge is 0.382 e. The van der Waals surface area contributed by atoms with E-state index in [4.69, 9.17) is 0 Å². The monoisotopic (exact) mass is 244 g/mol. The minimum atomic E-state index is 0.582. The highest BCUT2D eigenvalue weighted by Gasteiger charge is 2.16. The lowest BCUT2D eigenvalue weighted by atomic mass is 10.0. The Morgan fingerprint density at radius 3 is 2.78 bits per heavy atom. The van der Waals surface area contributed by atoms with Gasteiger partial charge in [0.2, 0.25) is 0 Å². The number of piperidine rings is 1. The van der Waals surface area contributed by atoms with E-state index in [1.165, 1.54) is 37.1 Å². The predicted octanol–water partition coefficient (Wildman–Crippen LogP) is 2.90. The second-order valence-corrected chi connectivity index (χ2v) is 5.25. The van der Waals surface area contributed by atoms with Gasteiger partial charge in [-0.15, -0.1) is 0 Å². The van der Waals surface area contributed by atoms with Gasteiger partial charge in [0.15, 0.2) is 0 Å². The van der Waals surface area contributed by atoms with Crippen LogP contribution in [0.5, 0.6) is 0 Å². The third-order valence-electron chi connectivity index (χ3n) is 3.78. The topological polar surface area (TPSA) is 15.3 Å². The van der Waals surface area contributed by atoms with Gasteiger partial charge < -0.3 is 10.2 Å². The fraction of sp³-hybridized carbons (Fsp3) is 0.500. The maximum atomic E-state index is 4.19. The third kappa shape index (κ3) is 3.36. The normalized spacial score (nSPS) is 17.7. The molecule has 0 unspecified atom stereocenters. The van der Waals surface area contributed by atoms with Gasteiger partial charge in [0.25, 0.3) is 0 Å². The van der Waals surface area contributed by atoms with Gasteiger partial charge in [-0.25, -0.2) is 0 Å². The highest BCUT2D eigenvalue weighted by Crippen LogP contribution is 2.16. The summed E-state index contributed by atoms with van der Waals surface area (Å²) in [5.74, 6) is 0. The van der Waals surface area contributed by atoms with E-state index in [2.05, 4.69) is 55.0 Å². The standard InChI is InChI=1S/C16H24N2/c1-4-14-6-5-7-15(12-14)13(2)17-16-8-10-18(3)11-9-16/h5-7,12,16-17H,2,4,8-11H2,1,3H3. The van der Waals surface area contributed by atoms with Crippen LogP contribution in [-0.2, 0) is 6.42 Å². The van der Waals surface area contributed by atoms with Crippen molar-refractivity contribution in [3.63, 3.8) is 0 Å². The summed E-state index contributed by atoms with van der Waals surface area (Å²) in [5, 5.41) is 3.59. The molecule has 1 aromatic rings. The minimum absolute atomic E-state index is 0.582. The predicted molar refractivity (Wildman–Crippen MR) is 78.5 cm³/mol. The number of nitrogens with one attached hydrogen (secondary N) is 1. The van der Waals surface area contributed by atoms with E-state index in [0.717, 1.165) is 12.1 Å². The molecular formula is C16H24N2. The molecular weight excluding hydrogens is 220 g/mol. The van der Waals surface area contributed by atoms with Crippen LogP contribution < -0.4 is 5.32 Å². The second kappa shape index (κ2) is 6.05. The number of likely N-dealkylation sites (tertiary alicyclic amines) is 1. The first-order valence-corrected chi connectivity index (χ1v) is 6.92. The van der Waals surface area contributed by atoms with Crippen molar-refractivity contribution in [2.75, 3.05) is 20.1 Å². The smallest absolute Gasteiger partial charge is 0.0343 e. The molecule has 1 aromatic carbocycles. The number of aryl methyl sites for hydroxylation is 1. The first kappa shape index (κ1) is 13.2. The van der Waals surface area contributed by atoms with Gasteiger partial charge in [0, 0.05) is 11.7 Å². The van der Waals surface area contributed by atoms with Crippen LogP contribution in [-0.4, -0.2) is 31.1 Å². The Morgan fingerprint density at radius 2 is 2.11 bits per heavy atom. The van der Waals surface area contributed by atoms with Gasteiger partial charge in [-0.2, -0.15) is 0 Å². The molecule has 2 rings (SSSR count). The molecule has 0 bridgehead atoms. The first-order valence-electron chi connectivity index (χ1n) is 6.92. The molecule has 0 amide bonds. The average Bonchev–Trinajstić information content (AvgIpc) is 2.41. The molecule has 0 aromatic heterocycles. The van der Waals surface area contributed by atoms with Gasteiger partial charge in [-0.05, 0) is 56.6 Å². The Kier molecular flexibility index (Phi) is 4.43. The zero-order valence-electron chi connectivity index (χ0n) is 11.6. The Morgan fingerprint density at radius 1 is 1.39 bits per heavy atom. The van der Waals surface area contributed by atoms with Crippen LogP contribution in [0.1, 0.15) is 30.9 Å². The number of hydrogen-bond donors (Lipinski definition) is 1. The maximum Gasteiger partial charge on any atom is 0.0343 e. The molecule has 1 N–H and O–H groups in total. The van der Waals surface area contributed by atoms with Gasteiger partial charge in [0.1, 0.15) is 0 Å². The molecule has 1 aliphatic rings.